The van der Waals surface area contributed by atoms with Gasteiger partial charge in [0, 0.05) is 30.0 Å². The maximum Gasteiger partial charge on any atom is 0.242 e. The van der Waals surface area contributed by atoms with Crippen LogP contribution in [0.3, 0.4) is 0 Å². The number of rotatable bonds is 2. The van der Waals surface area contributed by atoms with Gasteiger partial charge >= 0.3 is 0 Å². The predicted molar refractivity (Wildman–Crippen MR) is 89.0 cm³/mol. The highest BCUT2D eigenvalue weighted by Gasteiger charge is 2.23. The smallest absolute Gasteiger partial charge is 0.242 e. The Morgan fingerprint density at radius 2 is 2.29 bits per heavy atom. The first-order valence-corrected chi connectivity index (χ1v) is 8.17. The summed E-state index contributed by atoms with van der Waals surface area (Å²) in [4.78, 5) is 21.8. The van der Waals surface area contributed by atoms with E-state index in [9.17, 15) is 9.18 Å². The molecule has 6 heteroatoms. The number of nitrogens with zero attached hydrogens (tertiary/aromatic N) is 3. The summed E-state index contributed by atoms with van der Waals surface area (Å²) in [6.07, 6.45) is 5.25. The van der Waals surface area contributed by atoms with E-state index in [2.05, 4.69) is 9.97 Å². The van der Waals surface area contributed by atoms with E-state index in [1.165, 1.54) is 6.07 Å². The van der Waals surface area contributed by atoms with Crippen LogP contribution in [0.2, 0.25) is 0 Å². The van der Waals surface area contributed by atoms with Crippen molar-refractivity contribution < 1.29 is 9.18 Å². The maximum atomic E-state index is 14.0. The highest BCUT2D eigenvalue weighted by Crippen LogP contribution is 2.28. The summed E-state index contributed by atoms with van der Waals surface area (Å²) in [6.45, 7) is 3.38. The summed E-state index contributed by atoms with van der Waals surface area (Å²) in [7, 11) is 0. The van der Waals surface area contributed by atoms with E-state index in [1.54, 1.807) is 12.3 Å². The number of carbonyl (C=O) groups is 1. The molecule has 5 nitrogen and oxygen atoms in total. The third kappa shape index (κ3) is 2.48. The molecule has 0 radical (unpaired) electrons. The molecule has 0 fully saturated rings. The van der Waals surface area contributed by atoms with Crippen molar-refractivity contribution in [1.29, 1.82) is 0 Å². The maximum absolute atomic E-state index is 14.0. The fourth-order valence-corrected chi connectivity index (χ4v) is 3.46. The highest BCUT2D eigenvalue weighted by atomic mass is 19.1. The van der Waals surface area contributed by atoms with Crippen molar-refractivity contribution in [3.8, 4) is 0 Å². The molecule has 0 atom stereocenters. The molecule has 1 aromatic carbocycles. The quantitative estimate of drug-likeness (QED) is 0.787. The minimum atomic E-state index is -0.243. The highest BCUT2D eigenvalue weighted by molar-refractivity contribution is 5.85. The van der Waals surface area contributed by atoms with Gasteiger partial charge in [0.2, 0.25) is 5.91 Å². The minimum absolute atomic E-state index is 0.0584. The molecule has 1 N–H and O–H groups in total. The van der Waals surface area contributed by atoms with Crippen LogP contribution in [0.5, 0.6) is 0 Å². The number of benzene rings is 1. The second-order valence-electron chi connectivity index (χ2n) is 6.27. The molecule has 1 aliphatic heterocycles. The number of hydrogen-bond donors (Lipinski definition) is 1. The van der Waals surface area contributed by atoms with Gasteiger partial charge in [-0.25, -0.2) is 9.37 Å². The molecule has 0 spiro atoms. The van der Waals surface area contributed by atoms with Gasteiger partial charge in [0.1, 0.15) is 18.2 Å². The molecule has 3 heterocycles. The number of halogens is 1. The lowest BCUT2D eigenvalue weighted by molar-refractivity contribution is -0.132. The van der Waals surface area contributed by atoms with Crippen LogP contribution in [0.25, 0.3) is 10.9 Å². The first-order chi connectivity index (χ1) is 11.6. The monoisotopic (exact) mass is 326 g/mol. The van der Waals surface area contributed by atoms with Gasteiger partial charge < -0.3 is 14.5 Å². The van der Waals surface area contributed by atoms with E-state index in [4.69, 9.17) is 0 Å². The van der Waals surface area contributed by atoms with Crippen LogP contribution in [0.4, 0.5) is 4.39 Å². The van der Waals surface area contributed by atoms with Crippen molar-refractivity contribution in [1.82, 2.24) is 19.4 Å². The molecule has 4 rings (SSSR count). The average molecular weight is 326 g/mol. The van der Waals surface area contributed by atoms with E-state index in [1.807, 2.05) is 28.7 Å². The van der Waals surface area contributed by atoms with Crippen LogP contribution in [-0.4, -0.2) is 31.9 Å². The van der Waals surface area contributed by atoms with E-state index in [0.717, 1.165) is 35.3 Å². The summed E-state index contributed by atoms with van der Waals surface area (Å²) in [5, 5.41) is 0.935. The lowest BCUT2D eigenvalue weighted by atomic mass is 10.1. The van der Waals surface area contributed by atoms with E-state index in [0.29, 0.717) is 18.6 Å². The molecular formula is C18H19FN4O. The Morgan fingerprint density at radius 3 is 3.08 bits per heavy atom. The van der Waals surface area contributed by atoms with Crippen molar-refractivity contribution in [2.45, 2.75) is 32.9 Å². The van der Waals surface area contributed by atoms with Gasteiger partial charge in [-0.1, -0.05) is 12.1 Å². The van der Waals surface area contributed by atoms with Crippen molar-refractivity contribution >= 4 is 16.8 Å². The Hall–Kier alpha value is -2.63. The summed E-state index contributed by atoms with van der Waals surface area (Å²) >= 11 is 0. The Morgan fingerprint density at radius 1 is 1.42 bits per heavy atom. The number of carbonyl (C=O) groups excluding carboxylic acids is 1. The number of H-pyrrole nitrogens is 1. The Kier molecular flexibility index (Phi) is 3.59. The standard InChI is InChI=1S/C18H19FN4O/c1-12-20-7-9-22(12)11-17(24)23-8-3-5-13-14-4-2-6-15(19)18(14)21-16(13)10-23/h2,4,6-7,9,21H,3,5,8,10-11H2,1H3. The summed E-state index contributed by atoms with van der Waals surface area (Å²) < 4.78 is 15.9. The van der Waals surface area contributed by atoms with Gasteiger partial charge in [-0.2, -0.15) is 0 Å². The zero-order chi connectivity index (χ0) is 16.7. The largest absolute Gasteiger partial charge is 0.354 e. The number of hydrogen-bond acceptors (Lipinski definition) is 2. The van der Waals surface area contributed by atoms with E-state index < -0.39 is 0 Å². The lowest BCUT2D eigenvalue weighted by Crippen LogP contribution is -2.33. The molecule has 1 aliphatic rings. The van der Waals surface area contributed by atoms with Crippen LogP contribution in [-0.2, 0) is 24.3 Å². The second-order valence-corrected chi connectivity index (χ2v) is 6.27. The van der Waals surface area contributed by atoms with E-state index >= 15 is 0 Å². The normalized spacial score (nSPS) is 14.7. The Labute approximate surface area is 139 Å². The first-order valence-electron chi connectivity index (χ1n) is 8.17. The van der Waals surface area contributed by atoms with Gasteiger partial charge in [-0.3, -0.25) is 4.79 Å². The Bertz CT molecular complexity index is 911. The lowest BCUT2D eigenvalue weighted by Gasteiger charge is -2.21. The summed E-state index contributed by atoms with van der Waals surface area (Å²) in [6, 6.07) is 5.14. The number of para-hydroxylation sites is 1. The van der Waals surface area contributed by atoms with Crippen molar-refractivity contribution in [3.05, 3.63) is 53.5 Å². The third-order valence-corrected chi connectivity index (χ3v) is 4.76. The zero-order valence-electron chi connectivity index (χ0n) is 13.6. The molecule has 0 saturated carbocycles. The number of fused-ring (bicyclic) bond motifs is 3. The van der Waals surface area contributed by atoms with Crippen molar-refractivity contribution in [2.75, 3.05) is 6.54 Å². The fraction of sp³-hybridized carbons (Fsp3) is 0.333. The van der Waals surface area contributed by atoms with E-state index in [-0.39, 0.29) is 18.3 Å². The first kappa shape index (κ1) is 14.9. The van der Waals surface area contributed by atoms with Crippen LogP contribution < -0.4 is 0 Å². The SMILES string of the molecule is Cc1nccn1CC(=O)N1CCCc2c([nH]c3c(F)cccc23)C1. The number of imidazole rings is 1. The van der Waals surface area contributed by atoms with Gasteiger partial charge in [0.05, 0.1) is 12.1 Å². The zero-order valence-corrected chi connectivity index (χ0v) is 13.6. The molecule has 124 valence electrons. The summed E-state index contributed by atoms with van der Waals surface area (Å²) in [5.74, 6) is 0.641. The predicted octanol–water partition coefficient (Wildman–Crippen LogP) is 2.79. The topological polar surface area (TPSA) is 53.9 Å². The molecule has 0 bridgehead atoms. The number of aromatic nitrogens is 3. The molecule has 0 unspecified atom stereocenters. The van der Waals surface area contributed by atoms with Gasteiger partial charge in [0.25, 0.3) is 0 Å². The number of amides is 1. The second kappa shape index (κ2) is 5.78. The molecule has 2 aromatic heterocycles. The minimum Gasteiger partial charge on any atom is -0.354 e. The Balaban J connectivity index is 1.62. The van der Waals surface area contributed by atoms with Crippen molar-refractivity contribution in [3.63, 3.8) is 0 Å². The number of aromatic amines is 1. The van der Waals surface area contributed by atoms with Crippen molar-refractivity contribution in [2.24, 2.45) is 0 Å². The van der Waals surface area contributed by atoms with Crippen LogP contribution in [0.15, 0.2) is 30.6 Å². The molecule has 0 saturated heterocycles. The van der Waals surface area contributed by atoms with Crippen LogP contribution >= 0.6 is 0 Å². The third-order valence-electron chi connectivity index (χ3n) is 4.76. The number of aryl methyl sites for hydroxylation is 2. The molecule has 1 amide bonds. The average Bonchev–Trinajstić information content (AvgIpc) is 3.04. The molecular weight excluding hydrogens is 307 g/mol. The van der Waals surface area contributed by atoms with Crippen LogP contribution in [0, 0.1) is 12.7 Å². The summed E-state index contributed by atoms with van der Waals surface area (Å²) in [5.41, 5.74) is 2.63. The fourth-order valence-electron chi connectivity index (χ4n) is 3.46. The number of nitrogens with one attached hydrogen (secondary N) is 1. The molecule has 24 heavy (non-hydrogen) atoms. The molecule has 3 aromatic rings. The van der Waals surface area contributed by atoms with Gasteiger partial charge in [-0.15, -0.1) is 0 Å². The van der Waals surface area contributed by atoms with Gasteiger partial charge in [-0.05, 0) is 31.4 Å². The van der Waals surface area contributed by atoms with Crippen LogP contribution in [0.1, 0.15) is 23.5 Å². The molecule has 0 aliphatic carbocycles. The van der Waals surface area contributed by atoms with Gasteiger partial charge in [0.15, 0.2) is 0 Å².